The maximum atomic E-state index is 12.1. The molecule has 0 atom stereocenters. The van der Waals surface area contributed by atoms with Crippen molar-refractivity contribution in [2.45, 2.75) is 13.3 Å². The molecule has 0 unspecified atom stereocenters. The monoisotopic (exact) mass is 321 g/mol. The standard InChI is InChI=1S/C14H16BrN3O/c1-10-12(15)13(18(2)17-10)14(19)16-9-8-11-6-4-3-5-7-11/h3-7H,8-9H2,1-2H3,(H,16,19). The minimum absolute atomic E-state index is 0.106. The summed E-state index contributed by atoms with van der Waals surface area (Å²) in [7, 11) is 1.77. The predicted molar refractivity (Wildman–Crippen MR) is 78.1 cm³/mol. The Hall–Kier alpha value is -1.62. The number of hydrogen-bond donors (Lipinski definition) is 1. The molecule has 0 saturated carbocycles. The third-order valence-corrected chi connectivity index (χ3v) is 3.86. The van der Waals surface area contributed by atoms with Gasteiger partial charge in [-0.1, -0.05) is 30.3 Å². The Balaban J connectivity index is 1.95. The second-order valence-corrected chi connectivity index (χ2v) is 5.16. The van der Waals surface area contributed by atoms with Gasteiger partial charge in [-0.15, -0.1) is 0 Å². The van der Waals surface area contributed by atoms with E-state index in [0.29, 0.717) is 12.2 Å². The molecule has 0 radical (unpaired) electrons. The molecule has 1 aromatic heterocycles. The van der Waals surface area contributed by atoms with Crippen LogP contribution in [-0.2, 0) is 13.5 Å². The molecule has 1 N–H and O–H groups in total. The van der Waals surface area contributed by atoms with E-state index in [2.05, 4.69) is 38.5 Å². The molecular formula is C14H16BrN3O. The summed E-state index contributed by atoms with van der Waals surface area (Å²) in [6.45, 7) is 2.48. The molecule has 2 rings (SSSR count). The lowest BCUT2D eigenvalue weighted by molar-refractivity contribution is 0.0944. The number of carbonyl (C=O) groups is 1. The van der Waals surface area contributed by atoms with E-state index in [1.54, 1.807) is 11.7 Å². The quantitative estimate of drug-likeness (QED) is 0.940. The van der Waals surface area contributed by atoms with Crippen LogP contribution in [0.25, 0.3) is 0 Å². The van der Waals surface area contributed by atoms with E-state index in [4.69, 9.17) is 0 Å². The Morgan fingerprint density at radius 2 is 2.05 bits per heavy atom. The first-order valence-corrected chi connectivity index (χ1v) is 6.90. The lowest BCUT2D eigenvalue weighted by atomic mass is 10.1. The number of aryl methyl sites for hydroxylation is 2. The third-order valence-electron chi connectivity index (χ3n) is 2.91. The van der Waals surface area contributed by atoms with Crippen LogP contribution in [0.1, 0.15) is 21.7 Å². The number of benzene rings is 1. The Kier molecular flexibility index (Phi) is 4.37. The van der Waals surface area contributed by atoms with Crippen molar-refractivity contribution < 1.29 is 4.79 Å². The Morgan fingerprint density at radius 1 is 1.37 bits per heavy atom. The van der Waals surface area contributed by atoms with Crippen molar-refractivity contribution in [1.82, 2.24) is 15.1 Å². The highest BCUT2D eigenvalue weighted by Gasteiger charge is 2.17. The summed E-state index contributed by atoms with van der Waals surface area (Å²) < 4.78 is 2.35. The molecule has 0 aliphatic heterocycles. The van der Waals surface area contributed by atoms with Crippen molar-refractivity contribution in [1.29, 1.82) is 0 Å². The van der Waals surface area contributed by atoms with Crippen LogP contribution in [0.2, 0.25) is 0 Å². The van der Waals surface area contributed by atoms with Gasteiger partial charge in [0, 0.05) is 13.6 Å². The number of carbonyl (C=O) groups excluding carboxylic acids is 1. The molecule has 0 fully saturated rings. The molecule has 0 spiro atoms. The van der Waals surface area contributed by atoms with Crippen molar-refractivity contribution in [2.24, 2.45) is 7.05 Å². The maximum absolute atomic E-state index is 12.1. The predicted octanol–water partition coefficient (Wildman–Crippen LogP) is 2.46. The fourth-order valence-corrected chi connectivity index (χ4v) is 2.44. The summed E-state index contributed by atoms with van der Waals surface area (Å²) in [6.07, 6.45) is 0.820. The van der Waals surface area contributed by atoms with Crippen LogP contribution in [0.3, 0.4) is 0 Å². The van der Waals surface area contributed by atoms with Crippen LogP contribution in [0.15, 0.2) is 34.8 Å². The molecule has 100 valence electrons. The number of rotatable bonds is 4. The number of amides is 1. The largest absolute Gasteiger partial charge is 0.350 e. The van der Waals surface area contributed by atoms with Crippen molar-refractivity contribution in [3.63, 3.8) is 0 Å². The van der Waals surface area contributed by atoms with Gasteiger partial charge in [-0.25, -0.2) is 0 Å². The molecule has 4 nitrogen and oxygen atoms in total. The van der Waals surface area contributed by atoms with Gasteiger partial charge in [0.25, 0.3) is 5.91 Å². The number of nitrogens with one attached hydrogen (secondary N) is 1. The summed E-state index contributed by atoms with van der Waals surface area (Å²) in [5.74, 6) is -0.106. The van der Waals surface area contributed by atoms with Crippen molar-refractivity contribution >= 4 is 21.8 Å². The second-order valence-electron chi connectivity index (χ2n) is 4.36. The Morgan fingerprint density at radius 3 is 2.63 bits per heavy atom. The summed E-state index contributed by atoms with van der Waals surface area (Å²) in [5, 5.41) is 7.12. The maximum Gasteiger partial charge on any atom is 0.270 e. The average Bonchev–Trinajstić information content (AvgIpc) is 2.64. The fourth-order valence-electron chi connectivity index (χ4n) is 1.93. The highest BCUT2D eigenvalue weighted by Crippen LogP contribution is 2.19. The van der Waals surface area contributed by atoms with E-state index in [1.807, 2.05) is 25.1 Å². The first-order valence-electron chi connectivity index (χ1n) is 6.11. The zero-order chi connectivity index (χ0) is 13.8. The highest BCUT2D eigenvalue weighted by molar-refractivity contribution is 9.10. The Bertz CT molecular complexity index is 578. The normalized spacial score (nSPS) is 10.5. The smallest absolute Gasteiger partial charge is 0.270 e. The lowest BCUT2D eigenvalue weighted by Gasteiger charge is -2.06. The van der Waals surface area contributed by atoms with E-state index in [0.717, 1.165) is 16.6 Å². The molecular weight excluding hydrogens is 306 g/mol. The van der Waals surface area contributed by atoms with Gasteiger partial charge in [0.1, 0.15) is 5.69 Å². The molecule has 5 heteroatoms. The average molecular weight is 322 g/mol. The molecule has 0 aliphatic carbocycles. The van der Waals surface area contributed by atoms with Gasteiger partial charge < -0.3 is 5.32 Å². The van der Waals surface area contributed by atoms with Gasteiger partial charge in [-0.05, 0) is 34.8 Å². The summed E-state index contributed by atoms with van der Waals surface area (Å²) in [6, 6.07) is 10.1. The Labute approximate surface area is 120 Å². The van der Waals surface area contributed by atoms with Crippen LogP contribution in [0, 0.1) is 6.92 Å². The number of nitrogens with zero attached hydrogens (tertiary/aromatic N) is 2. The zero-order valence-electron chi connectivity index (χ0n) is 11.0. The van der Waals surface area contributed by atoms with Crippen LogP contribution >= 0.6 is 15.9 Å². The van der Waals surface area contributed by atoms with Crippen molar-refractivity contribution in [3.8, 4) is 0 Å². The van der Waals surface area contributed by atoms with Gasteiger partial charge in [-0.3, -0.25) is 9.48 Å². The number of aromatic nitrogens is 2. The molecule has 1 heterocycles. The number of halogens is 1. The second kappa shape index (κ2) is 6.02. The van der Waals surface area contributed by atoms with Gasteiger partial charge in [-0.2, -0.15) is 5.10 Å². The van der Waals surface area contributed by atoms with E-state index in [-0.39, 0.29) is 5.91 Å². The van der Waals surface area contributed by atoms with Crippen LogP contribution in [0.4, 0.5) is 0 Å². The molecule has 19 heavy (non-hydrogen) atoms. The zero-order valence-corrected chi connectivity index (χ0v) is 12.6. The first-order chi connectivity index (χ1) is 9.09. The van der Waals surface area contributed by atoms with Gasteiger partial charge >= 0.3 is 0 Å². The molecule has 2 aromatic rings. The molecule has 1 amide bonds. The van der Waals surface area contributed by atoms with Crippen LogP contribution in [0.5, 0.6) is 0 Å². The third kappa shape index (κ3) is 3.23. The van der Waals surface area contributed by atoms with E-state index in [9.17, 15) is 4.79 Å². The van der Waals surface area contributed by atoms with Gasteiger partial charge in [0.2, 0.25) is 0 Å². The minimum Gasteiger partial charge on any atom is -0.350 e. The summed E-state index contributed by atoms with van der Waals surface area (Å²) in [5.41, 5.74) is 2.59. The first kappa shape index (κ1) is 13.8. The summed E-state index contributed by atoms with van der Waals surface area (Å²) >= 11 is 3.39. The molecule has 0 bridgehead atoms. The van der Waals surface area contributed by atoms with E-state index >= 15 is 0 Å². The summed E-state index contributed by atoms with van der Waals surface area (Å²) in [4.78, 5) is 12.1. The highest BCUT2D eigenvalue weighted by atomic mass is 79.9. The van der Waals surface area contributed by atoms with Crippen molar-refractivity contribution in [3.05, 3.63) is 51.8 Å². The molecule has 0 aliphatic rings. The van der Waals surface area contributed by atoms with Crippen LogP contribution < -0.4 is 5.32 Å². The molecule has 0 saturated heterocycles. The number of hydrogen-bond acceptors (Lipinski definition) is 2. The van der Waals surface area contributed by atoms with Gasteiger partial charge in [0.05, 0.1) is 10.2 Å². The topological polar surface area (TPSA) is 46.9 Å². The molecule has 1 aromatic carbocycles. The van der Waals surface area contributed by atoms with Crippen molar-refractivity contribution in [2.75, 3.05) is 6.54 Å². The SMILES string of the molecule is Cc1nn(C)c(C(=O)NCCc2ccccc2)c1Br. The minimum atomic E-state index is -0.106. The van der Waals surface area contributed by atoms with Crippen LogP contribution in [-0.4, -0.2) is 22.2 Å². The lowest BCUT2D eigenvalue weighted by Crippen LogP contribution is -2.27. The van der Waals surface area contributed by atoms with Gasteiger partial charge in [0.15, 0.2) is 0 Å². The fraction of sp³-hybridized carbons (Fsp3) is 0.286. The van der Waals surface area contributed by atoms with E-state index < -0.39 is 0 Å². The van der Waals surface area contributed by atoms with E-state index in [1.165, 1.54) is 5.56 Å².